The van der Waals surface area contributed by atoms with Gasteiger partial charge in [0.1, 0.15) is 5.84 Å². The summed E-state index contributed by atoms with van der Waals surface area (Å²) < 4.78 is 0. The molecule has 124 valence electrons. The van der Waals surface area contributed by atoms with Crippen LogP contribution < -0.4 is 0 Å². The molecule has 3 aromatic carbocycles. The van der Waals surface area contributed by atoms with E-state index in [-0.39, 0.29) is 12.1 Å². The van der Waals surface area contributed by atoms with Gasteiger partial charge in [0.05, 0.1) is 12.1 Å². The number of aliphatic imine (C=N–C) groups is 1. The molecule has 0 saturated heterocycles. The van der Waals surface area contributed by atoms with Gasteiger partial charge < -0.3 is 4.90 Å². The van der Waals surface area contributed by atoms with Gasteiger partial charge in [0.2, 0.25) is 0 Å². The predicted octanol–water partition coefficient (Wildman–Crippen LogP) is 5.08. The molecule has 2 atom stereocenters. The zero-order valence-corrected chi connectivity index (χ0v) is 14.4. The van der Waals surface area contributed by atoms with Gasteiger partial charge >= 0.3 is 0 Å². The van der Waals surface area contributed by atoms with Crippen LogP contribution in [-0.2, 0) is 6.54 Å². The SMILES string of the molecule is CC1N=C(c2ccccc2)N(Cc2ccccc2)C1c1ccccc1. The van der Waals surface area contributed by atoms with Crippen LogP contribution in [-0.4, -0.2) is 16.8 Å². The van der Waals surface area contributed by atoms with Gasteiger partial charge in [0.25, 0.3) is 0 Å². The Morgan fingerprint density at radius 3 is 1.96 bits per heavy atom. The smallest absolute Gasteiger partial charge is 0.132 e. The Bertz CT molecular complexity index is 841. The molecule has 4 rings (SSSR count). The average molecular weight is 326 g/mol. The van der Waals surface area contributed by atoms with Crippen LogP contribution in [0.2, 0.25) is 0 Å². The molecule has 0 amide bonds. The third-order valence-electron chi connectivity index (χ3n) is 4.76. The first-order valence-corrected chi connectivity index (χ1v) is 8.81. The van der Waals surface area contributed by atoms with Crippen LogP contribution in [0.15, 0.2) is 96.0 Å². The molecule has 0 spiro atoms. The van der Waals surface area contributed by atoms with E-state index in [1.165, 1.54) is 16.7 Å². The lowest BCUT2D eigenvalue weighted by Crippen LogP contribution is -2.32. The number of rotatable bonds is 4. The largest absolute Gasteiger partial charge is 0.343 e. The maximum Gasteiger partial charge on any atom is 0.132 e. The molecule has 2 heteroatoms. The van der Waals surface area contributed by atoms with E-state index in [1.807, 2.05) is 0 Å². The second-order valence-electron chi connectivity index (χ2n) is 6.53. The van der Waals surface area contributed by atoms with Crippen LogP contribution in [0, 0.1) is 0 Å². The third kappa shape index (κ3) is 3.20. The highest BCUT2D eigenvalue weighted by atomic mass is 15.3. The summed E-state index contributed by atoms with van der Waals surface area (Å²) in [5, 5.41) is 0. The molecular formula is C23H22N2. The van der Waals surface area contributed by atoms with Crippen LogP contribution in [0.3, 0.4) is 0 Å². The van der Waals surface area contributed by atoms with Crippen molar-refractivity contribution in [1.82, 2.24) is 4.90 Å². The molecule has 0 aliphatic carbocycles. The molecule has 0 radical (unpaired) electrons. The lowest BCUT2D eigenvalue weighted by Gasteiger charge is -2.30. The van der Waals surface area contributed by atoms with Crippen LogP contribution in [0.4, 0.5) is 0 Å². The van der Waals surface area contributed by atoms with Crippen molar-refractivity contribution in [1.29, 1.82) is 0 Å². The molecule has 2 nitrogen and oxygen atoms in total. The fourth-order valence-corrected chi connectivity index (χ4v) is 3.62. The number of hydrogen-bond acceptors (Lipinski definition) is 2. The molecular weight excluding hydrogens is 304 g/mol. The van der Waals surface area contributed by atoms with Gasteiger partial charge in [-0.2, -0.15) is 0 Å². The Labute approximate surface area is 149 Å². The van der Waals surface area contributed by atoms with E-state index in [1.54, 1.807) is 0 Å². The van der Waals surface area contributed by atoms with Crippen molar-refractivity contribution in [2.75, 3.05) is 0 Å². The highest BCUT2D eigenvalue weighted by Gasteiger charge is 2.35. The minimum atomic E-state index is 0.223. The molecule has 1 heterocycles. The highest BCUT2D eigenvalue weighted by molar-refractivity contribution is 6.00. The fraction of sp³-hybridized carbons (Fsp3) is 0.174. The molecule has 25 heavy (non-hydrogen) atoms. The lowest BCUT2D eigenvalue weighted by atomic mass is 9.99. The Balaban J connectivity index is 1.74. The van der Waals surface area contributed by atoms with E-state index in [2.05, 4.69) is 103 Å². The average Bonchev–Trinajstić information content (AvgIpc) is 3.00. The highest BCUT2D eigenvalue weighted by Crippen LogP contribution is 2.35. The van der Waals surface area contributed by atoms with Crippen molar-refractivity contribution in [2.45, 2.75) is 25.6 Å². The van der Waals surface area contributed by atoms with E-state index in [0.717, 1.165) is 12.4 Å². The van der Waals surface area contributed by atoms with Crippen LogP contribution in [0.25, 0.3) is 0 Å². The molecule has 0 aromatic heterocycles. The molecule has 1 aliphatic heterocycles. The van der Waals surface area contributed by atoms with E-state index >= 15 is 0 Å². The topological polar surface area (TPSA) is 15.6 Å². The van der Waals surface area contributed by atoms with Crippen molar-refractivity contribution < 1.29 is 0 Å². The Kier molecular flexibility index (Phi) is 4.34. The number of amidine groups is 1. The monoisotopic (exact) mass is 326 g/mol. The van der Waals surface area contributed by atoms with E-state index < -0.39 is 0 Å². The standard InChI is InChI=1S/C23H22N2/c1-18-22(20-13-7-3-8-14-20)25(17-19-11-5-2-6-12-19)23(24-18)21-15-9-4-10-16-21/h2-16,18,22H,17H2,1H3. The van der Waals surface area contributed by atoms with E-state index in [0.29, 0.717) is 0 Å². The molecule has 0 bridgehead atoms. The van der Waals surface area contributed by atoms with Gasteiger partial charge in [0.15, 0.2) is 0 Å². The first-order valence-electron chi connectivity index (χ1n) is 8.81. The molecule has 0 saturated carbocycles. The summed E-state index contributed by atoms with van der Waals surface area (Å²) in [5.74, 6) is 1.09. The Morgan fingerprint density at radius 2 is 1.32 bits per heavy atom. The summed E-state index contributed by atoms with van der Waals surface area (Å²) in [4.78, 5) is 7.49. The number of nitrogens with zero attached hydrogens (tertiary/aromatic N) is 2. The van der Waals surface area contributed by atoms with Gasteiger partial charge in [-0.1, -0.05) is 91.0 Å². The summed E-state index contributed by atoms with van der Waals surface area (Å²) in [7, 11) is 0. The van der Waals surface area contributed by atoms with E-state index in [4.69, 9.17) is 4.99 Å². The summed E-state index contributed by atoms with van der Waals surface area (Å²) in [5.41, 5.74) is 3.81. The maximum absolute atomic E-state index is 5.04. The van der Waals surface area contributed by atoms with Gasteiger partial charge in [0, 0.05) is 12.1 Å². The quantitative estimate of drug-likeness (QED) is 0.653. The van der Waals surface area contributed by atoms with Crippen molar-refractivity contribution >= 4 is 5.84 Å². The van der Waals surface area contributed by atoms with Crippen molar-refractivity contribution in [3.05, 3.63) is 108 Å². The molecule has 0 fully saturated rings. The first-order chi connectivity index (χ1) is 12.3. The molecule has 3 aromatic rings. The van der Waals surface area contributed by atoms with Gasteiger partial charge in [-0.25, -0.2) is 0 Å². The molecule has 1 aliphatic rings. The minimum Gasteiger partial charge on any atom is -0.343 e. The maximum atomic E-state index is 5.04. The molecule has 0 N–H and O–H groups in total. The number of benzene rings is 3. The lowest BCUT2D eigenvalue weighted by molar-refractivity contribution is 0.310. The van der Waals surface area contributed by atoms with E-state index in [9.17, 15) is 0 Å². The second-order valence-corrected chi connectivity index (χ2v) is 6.53. The normalized spacial score (nSPS) is 19.7. The van der Waals surface area contributed by atoms with Crippen molar-refractivity contribution in [3.8, 4) is 0 Å². The second kappa shape index (κ2) is 6.94. The summed E-state index contributed by atoms with van der Waals surface area (Å²) in [6.07, 6.45) is 0. The zero-order chi connectivity index (χ0) is 17.1. The summed E-state index contributed by atoms with van der Waals surface area (Å²) >= 11 is 0. The van der Waals surface area contributed by atoms with Crippen molar-refractivity contribution in [2.24, 2.45) is 4.99 Å². The molecule has 2 unspecified atom stereocenters. The van der Waals surface area contributed by atoms with Crippen LogP contribution in [0.1, 0.15) is 29.7 Å². The Morgan fingerprint density at radius 1 is 0.760 bits per heavy atom. The summed E-state index contributed by atoms with van der Waals surface area (Å²) in [6.45, 7) is 3.07. The third-order valence-corrected chi connectivity index (χ3v) is 4.76. The van der Waals surface area contributed by atoms with Gasteiger partial charge in [-0.15, -0.1) is 0 Å². The zero-order valence-electron chi connectivity index (χ0n) is 14.4. The van der Waals surface area contributed by atoms with Crippen LogP contribution >= 0.6 is 0 Å². The first kappa shape index (κ1) is 15.6. The van der Waals surface area contributed by atoms with Crippen molar-refractivity contribution in [3.63, 3.8) is 0 Å². The Hall–Kier alpha value is -2.87. The van der Waals surface area contributed by atoms with Gasteiger partial charge in [-0.05, 0) is 18.1 Å². The fourth-order valence-electron chi connectivity index (χ4n) is 3.62. The number of hydrogen-bond donors (Lipinski definition) is 0. The minimum absolute atomic E-state index is 0.223. The summed E-state index contributed by atoms with van der Waals surface area (Å²) in [6, 6.07) is 32.4. The predicted molar refractivity (Wildman–Crippen MR) is 104 cm³/mol. The van der Waals surface area contributed by atoms with Gasteiger partial charge in [-0.3, -0.25) is 4.99 Å². The van der Waals surface area contributed by atoms with Crippen LogP contribution in [0.5, 0.6) is 0 Å².